The van der Waals surface area contributed by atoms with Crippen molar-refractivity contribution < 1.29 is 0 Å². The van der Waals surface area contributed by atoms with Crippen LogP contribution in [0.25, 0.3) is 0 Å². The second kappa shape index (κ2) is 2.43. The van der Waals surface area contributed by atoms with Crippen LogP contribution in [0.5, 0.6) is 0 Å². The van der Waals surface area contributed by atoms with Gasteiger partial charge in [0.25, 0.3) is 0 Å². The summed E-state index contributed by atoms with van der Waals surface area (Å²) >= 11 is 12.3. The van der Waals surface area contributed by atoms with Crippen LogP contribution in [0, 0.1) is 11.8 Å². The second-order valence-electron chi connectivity index (χ2n) is 4.06. The van der Waals surface area contributed by atoms with Crippen molar-refractivity contribution in [3.8, 4) is 0 Å². The van der Waals surface area contributed by atoms with Crippen LogP contribution in [0.4, 0.5) is 0 Å². The Morgan fingerprint density at radius 1 is 1.00 bits per heavy atom. The maximum Gasteiger partial charge on any atom is 0.125 e. The first-order chi connectivity index (χ1) is 6.19. The molecule has 1 saturated carbocycles. The molecule has 68 valence electrons. The van der Waals surface area contributed by atoms with Gasteiger partial charge in [-0.1, -0.05) is 24.3 Å². The molecule has 1 fully saturated rings. The molecule has 1 aromatic carbocycles. The minimum atomic E-state index is -0.432. The van der Waals surface area contributed by atoms with E-state index >= 15 is 0 Å². The molecule has 0 unspecified atom stereocenters. The van der Waals surface area contributed by atoms with E-state index in [0.717, 1.165) is 12.8 Å². The van der Waals surface area contributed by atoms with E-state index < -0.39 is 4.33 Å². The first-order valence-corrected chi connectivity index (χ1v) is 5.40. The van der Waals surface area contributed by atoms with Gasteiger partial charge in [0.15, 0.2) is 0 Å². The zero-order valence-electron chi connectivity index (χ0n) is 7.13. The second-order valence-corrected chi connectivity index (χ2v) is 5.51. The summed E-state index contributed by atoms with van der Waals surface area (Å²) in [6, 6.07) is 8.55. The fraction of sp³-hybridized carbons (Fsp3) is 0.455. The van der Waals surface area contributed by atoms with E-state index in [4.69, 9.17) is 23.2 Å². The zero-order valence-corrected chi connectivity index (χ0v) is 8.65. The smallest absolute Gasteiger partial charge is 0.101 e. The fourth-order valence-corrected chi connectivity index (χ4v) is 3.24. The van der Waals surface area contributed by atoms with Gasteiger partial charge < -0.3 is 0 Å². The van der Waals surface area contributed by atoms with Gasteiger partial charge in [0, 0.05) is 11.8 Å². The average Bonchev–Trinajstić information content (AvgIpc) is 2.66. The molecule has 0 heterocycles. The van der Waals surface area contributed by atoms with Crippen molar-refractivity contribution in [1.29, 1.82) is 0 Å². The molecule has 0 bridgehead atoms. The van der Waals surface area contributed by atoms with Crippen LogP contribution < -0.4 is 0 Å². The maximum absolute atomic E-state index is 6.17. The van der Waals surface area contributed by atoms with Crippen molar-refractivity contribution in [3.63, 3.8) is 0 Å². The van der Waals surface area contributed by atoms with Gasteiger partial charge in [-0.05, 0) is 24.0 Å². The zero-order chi connectivity index (χ0) is 9.05. The lowest BCUT2D eigenvalue weighted by atomic mass is 9.92. The minimum Gasteiger partial charge on any atom is -0.101 e. The third-order valence-electron chi connectivity index (χ3n) is 3.36. The highest BCUT2D eigenvalue weighted by Gasteiger charge is 2.63. The van der Waals surface area contributed by atoms with Crippen molar-refractivity contribution >= 4 is 23.2 Å². The van der Waals surface area contributed by atoms with Crippen LogP contribution in [0.15, 0.2) is 24.3 Å². The lowest BCUT2D eigenvalue weighted by Crippen LogP contribution is -2.04. The summed E-state index contributed by atoms with van der Waals surface area (Å²) in [5.74, 6) is 1.01. The third-order valence-corrected chi connectivity index (χ3v) is 4.48. The molecule has 2 aliphatic rings. The van der Waals surface area contributed by atoms with Gasteiger partial charge >= 0.3 is 0 Å². The Morgan fingerprint density at radius 3 is 1.92 bits per heavy atom. The predicted octanol–water partition coefficient (Wildman–Crippen LogP) is 3.21. The van der Waals surface area contributed by atoms with E-state index in [1.54, 1.807) is 0 Å². The molecule has 2 atom stereocenters. The highest BCUT2D eigenvalue weighted by atomic mass is 35.5. The van der Waals surface area contributed by atoms with Gasteiger partial charge in [0.2, 0.25) is 0 Å². The molecule has 2 aliphatic carbocycles. The van der Waals surface area contributed by atoms with Crippen LogP contribution in [0.2, 0.25) is 0 Å². The number of fused-ring (bicyclic) bond motifs is 2. The fourth-order valence-electron chi connectivity index (χ4n) is 2.45. The molecule has 0 amide bonds. The summed E-state index contributed by atoms with van der Waals surface area (Å²) in [6.07, 6.45) is 2.13. The molecule has 2 heteroatoms. The lowest BCUT2D eigenvalue weighted by Gasteiger charge is -2.12. The molecule has 0 spiro atoms. The van der Waals surface area contributed by atoms with Crippen molar-refractivity contribution in [2.75, 3.05) is 0 Å². The van der Waals surface area contributed by atoms with Crippen LogP contribution in [0.3, 0.4) is 0 Å². The summed E-state index contributed by atoms with van der Waals surface area (Å²) in [5.41, 5.74) is 2.87. The monoisotopic (exact) mass is 212 g/mol. The Balaban J connectivity index is 1.99. The molecular formula is C11H10Cl2. The largest absolute Gasteiger partial charge is 0.125 e. The maximum atomic E-state index is 6.17. The van der Waals surface area contributed by atoms with Crippen molar-refractivity contribution in [2.24, 2.45) is 11.8 Å². The van der Waals surface area contributed by atoms with E-state index in [-0.39, 0.29) is 0 Å². The summed E-state index contributed by atoms with van der Waals surface area (Å²) in [5, 5.41) is 0. The highest BCUT2D eigenvalue weighted by Crippen LogP contribution is 2.63. The Hall–Kier alpha value is -0.200. The van der Waals surface area contributed by atoms with E-state index in [1.807, 2.05) is 0 Å². The van der Waals surface area contributed by atoms with Crippen LogP contribution in [-0.2, 0) is 12.8 Å². The number of hydrogen-bond acceptors (Lipinski definition) is 0. The SMILES string of the molecule is ClC1(Cl)[C@@H]2Cc3ccccc3C[C@@H]21. The van der Waals surface area contributed by atoms with Gasteiger partial charge in [0.1, 0.15) is 4.33 Å². The number of halogens is 2. The van der Waals surface area contributed by atoms with Crippen LogP contribution in [-0.4, -0.2) is 4.33 Å². The molecule has 0 aliphatic heterocycles. The Labute approximate surface area is 87.9 Å². The molecule has 0 nitrogen and oxygen atoms in total. The number of rotatable bonds is 0. The van der Waals surface area contributed by atoms with Gasteiger partial charge in [-0.15, -0.1) is 23.2 Å². The van der Waals surface area contributed by atoms with Gasteiger partial charge in [-0.3, -0.25) is 0 Å². The number of hydrogen-bond donors (Lipinski definition) is 0. The summed E-state index contributed by atoms with van der Waals surface area (Å²) in [6.45, 7) is 0. The summed E-state index contributed by atoms with van der Waals surface area (Å²) in [4.78, 5) is 0. The first-order valence-electron chi connectivity index (χ1n) is 4.64. The predicted molar refractivity (Wildman–Crippen MR) is 55.3 cm³/mol. The lowest BCUT2D eigenvalue weighted by molar-refractivity contribution is 0.648. The minimum absolute atomic E-state index is 0.432. The first kappa shape index (κ1) is 8.14. The highest BCUT2D eigenvalue weighted by molar-refractivity contribution is 6.51. The standard InChI is InChI=1S/C11H10Cl2/c12-11(13)9-5-7-3-1-2-4-8(7)6-10(9)11/h1-4,9-10H,5-6H2/t9-,10+. The quantitative estimate of drug-likeness (QED) is 0.580. The van der Waals surface area contributed by atoms with Gasteiger partial charge in [-0.25, -0.2) is 0 Å². The third kappa shape index (κ3) is 1.05. The van der Waals surface area contributed by atoms with E-state index in [2.05, 4.69) is 24.3 Å². The molecule has 0 N–H and O–H groups in total. The molecule has 1 aromatic rings. The Bertz CT molecular complexity index is 324. The van der Waals surface area contributed by atoms with E-state index in [0.29, 0.717) is 11.8 Å². The molecule has 0 saturated heterocycles. The van der Waals surface area contributed by atoms with Gasteiger partial charge in [0.05, 0.1) is 0 Å². The summed E-state index contributed by atoms with van der Waals surface area (Å²) in [7, 11) is 0. The van der Waals surface area contributed by atoms with Crippen LogP contribution >= 0.6 is 23.2 Å². The topological polar surface area (TPSA) is 0 Å². The molecule has 0 aromatic heterocycles. The van der Waals surface area contributed by atoms with Crippen molar-refractivity contribution in [1.82, 2.24) is 0 Å². The molecule has 3 rings (SSSR count). The summed E-state index contributed by atoms with van der Waals surface area (Å²) < 4.78 is -0.432. The van der Waals surface area contributed by atoms with Crippen molar-refractivity contribution in [2.45, 2.75) is 17.2 Å². The number of benzene rings is 1. The Morgan fingerprint density at radius 2 is 1.46 bits per heavy atom. The number of alkyl halides is 2. The molecule has 0 radical (unpaired) electrons. The van der Waals surface area contributed by atoms with Gasteiger partial charge in [-0.2, -0.15) is 0 Å². The normalized spacial score (nSPS) is 33.4. The molecule has 13 heavy (non-hydrogen) atoms. The molecular weight excluding hydrogens is 203 g/mol. The van der Waals surface area contributed by atoms with Crippen molar-refractivity contribution in [3.05, 3.63) is 35.4 Å². The Kier molecular flexibility index (Phi) is 1.52. The van der Waals surface area contributed by atoms with Crippen LogP contribution in [0.1, 0.15) is 11.1 Å². The van der Waals surface area contributed by atoms with E-state index in [1.165, 1.54) is 11.1 Å². The average molecular weight is 213 g/mol. The van der Waals surface area contributed by atoms with E-state index in [9.17, 15) is 0 Å².